The van der Waals surface area contributed by atoms with Crippen LogP contribution in [0.2, 0.25) is 0 Å². The largest absolute Gasteiger partial charge is 0.492 e. The first kappa shape index (κ1) is 13.7. The van der Waals surface area contributed by atoms with Crippen molar-refractivity contribution in [3.8, 4) is 5.75 Å². The Bertz CT molecular complexity index is 546. The molecule has 1 N–H and O–H groups in total. The fraction of sp³-hybridized carbons (Fsp3) is 0.375. The standard InChI is InChI=1S/C16H19BrN2O/c17-14-1-5-16(6-2-14)20-10-9-19-8-7-13(12-19)11-18-15-3-4-15/h1-2,5-8,12,15,18H,3-4,9-11H2. The molecule has 0 spiro atoms. The summed E-state index contributed by atoms with van der Waals surface area (Å²) in [5.74, 6) is 0.913. The summed E-state index contributed by atoms with van der Waals surface area (Å²) >= 11 is 3.42. The molecule has 1 aromatic heterocycles. The normalized spacial score (nSPS) is 14.4. The molecule has 0 aliphatic heterocycles. The van der Waals surface area contributed by atoms with Gasteiger partial charge in [0.1, 0.15) is 12.4 Å². The fourth-order valence-corrected chi connectivity index (χ4v) is 2.35. The highest BCUT2D eigenvalue weighted by molar-refractivity contribution is 9.10. The van der Waals surface area contributed by atoms with E-state index in [0.29, 0.717) is 6.61 Å². The maximum absolute atomic E-state index is 5.73. The molecule has 106 valence electrons. The Kier molecular flexibility index (Phi) is 4.43. The van der Waals surface area contributed by atoms with Crippen LogP contribution in [0.3, 0.4) is 0 Å². The zero-order valence-corrected chi connectivity index (χ0v) is 13.0. The molecule has 3 rings (SSSR count). The minimum Gasteiger partial charge on any atom is -0.492 e. The van der Waals surface area contributed by atoms with E-state index in [1.165, 1.54) is 18.4 Å². The average Bonchev–Trinajstić information content (AvgIpc) is 3.18. The number of aromatic nitrogens is 1. The molecule has 0 bridgehead atoms. The fourth-order valence-electron chi connectivity index (χ4n) is 2.08. The van der Waals surface area contributed by atoms with Gasteiger partial charge in [0.15, 0.2) is 0 Å². The third kappa shape index (κ3) is 4.12. The number of nitrogens with zero attached hydrogens (tertiary/aromatic N) is 1. The first-order chi connectivity index (χ1) is 9.79. The van der Waals surface area contributed by atoms with Crippen LogP contribution in [0, 0.1) is 0 Å². The van der Waals surface area contributed by atoms with Gasteiger partial charge in [0, 0.05) is 29.5 Å². The number of rotatable bonds is 7. The Morgan fingerprint density at radius 2 is 2.00 bits per heavy atom. The van der Waals surface area contributed by atoms with Gasteiger partial charge in [-0.3, -0.25) is 0 Å². The Hall–Kier alpha value is -1.26. The van der Waals surface area contributed by atoms with Crippen LogP contribution in [-0.2, 0) is 13.1 Å². The SMILES string of the molecule is Brc1ccc(OCCn2ccc(CNC3CC3)c2)cc1. The summed E-state index contributed by atoms with van der Waals surface area (Å²) in [5, 5.41) is 3.52. The Balaban J connectivity index is 1.42. The van der Waals surface area contributed by atoms with Gasteiger partial charge in [-0.1, -0.05) is 15.9 Å². The van der Waals surface area contributed by atoms with Crippen LogP contribution < -0.4 is 10.1 Å². The van der Waals surface area contributed by atoms with Gasteiger partial charge in [-0.25, -0.2) is 0 Å². The van der Waals surface area contributed by atoms with Gasteiger partial charge < -0.3 is 14.6 Å². The lowest BCUT2D eigenvalue weighted by Gasteiger charge is -2.07. The van der Waals surface area contributed by atoms with Crippen LogP contribution in [-0.4, -0.2) is 17.2 Å². The molecule has 1 aliphatic carbocycles. The van der Waals surface area contributed by atoms with E-state index in [1.807, 2.05) is 24.3 Å². The molecular formula is C16H19BrN2O. The van der Waals surface area contributed by atoms with E-state index < -0.39 is 0 Å². The molecule has 2 aromatic rings. The summed E-state index contributed by atoms with van der Waals surface area (Å²) in [7, 11) is 0. The summed E-state index contributed by atoms with van der Waals surface area (Å²) in [6.45, 7) is 2.54. The Morgan fingerprint density at radius 1 is 1.20 bits per heavy atom. The zero-order valence-electron chi connectivity index (χ0n) is 11.4. The second-order valence-corrected chi connectivity index (χ2v) is 6.13. The Morgan fingerprint density at radius 3 is 2.75 bits per heavy atom. The summed E-state index contributed by atoms with van der Waals surface area (Å²) < 4.78 is 8.98. The number of hydrogen-bond acceptors (Lipinski definition) is 2. The number of halogens is 1. The van der Waals surface area contributed by atoms with E-state index >= 15 is 0 Å². The first-order valence-electron chi connectivity index (χ1n) is 7.06. The molecule has 0 amide bonds. The van der Waals surface area contributed by atoms with Gasteiger partial charge >= 0.3 is 0 Å². The van der Waals surface area contributed by atoms with Crippen molar-refractivity contribution in [2.75, 3.05) is 6.61 Å². The lowest BCUT2D eigenvalue weighted by Crippen LogP contribution is -2.14. The lowest BCUT2D eigenvalue weighted by atomic mass is 10.3. The molecular weight excluding hydrogens is 316 g/mol. The third-order valence-electron chi connectivity index (χ3n) is 3.42. The van der Waals surface area contributed by atoms with Gasteiger partial charge in [0.25, 0.3) is 0 Å². The zero-order chi connectivity index (χ0) is 13.8. The second-order valence-electron chi connectivity index (χ2n) is 5.22. The minimum absolute atomic E-state index is 0.686. The average molecular weight is 335 g/mol. The second kappa shape index (κ2) is 6.46. The molecule has 0 saturated heterocycles. The minimum atomic E-state index is 0.686. The van der Waals surface area contributed by atoms with Crippen molar-refractivity contribution in [2.45, 2.75) is 32.0 Å². The van der Waals surface area contributed by atoms with Crippen LogP contribution >= 0.6 is 15.9 Å². The van der Waals surface area contributed by atoms with Crippen LogP contribution in [0.1, 0.15) is 18.4 Å². The summed E-state index contributed by atoms with van der Waals surface area (Å²) in [6, 6.07) is 10.9. The van der Waals surface area contributed by atoms with E-state index in [2.05, 4.69) is 44.3 Å². The molecule has 4 heteroatoms. The van der Waals surface area contributed by atoms with Crippen molar-refractivity contribution >= 4 is 15.9 Å². The highest BCUT2D eigenvalue weighted by Gasteiger charge is 2.19. The van der Waals surface area contributed by atoms with Crippen molar-refractivity contribution in [3.05, 3.63) is 52.8 Å². The maximum atomic E-state index is 5.73. The highest BCUT2D eigenvalue weighted by Crippen LogP contribution is 2.19. The van der Waals surface area contributed by atoms with E-state index in [-0.39, 0.29) is 0 Å². The van der Waals surface area contributed by atoms with E-state index in [1.54, 1.807) is 0 Å². The van der Waals surface area contributed by atoms with Gasteiger partial charge in [-0.15, -0.1) is 0 Å². The van der Waals surface area contributed by atoms with Gasteiger partial charge in [0.05, 0.1) is 6.54 Å². The van der Waals surface area contributed by atoms with Crippen LogP contribution in [0.5, 0.6) is 5.75 Å². The van der Waals surface area contributed by atoms with Crippen LogP contribution in [0.25, 0.3) is 0 Å². The molecule has 0 radical (unpaired) electrons. The van der Waals surface area contributed by atoms with Crippen molar-refractivity contribution in [2.24, 2.45) is 0 Å². The highest BCUT2D eigenvalue weighted by atomic mass is 79.9. The third-order valence-corrected chi connectivity index (χ3v) is 3.94. The van der Waals surface area contributed by atoms with Crippen molar-refractivity contribution in [1.82, 2.24) is 9.88 Å². The molecule has 1 fully saturated rings. The van der Waals surface area contributed by atoms with E-state index in [0.717, 1.165) is 29.4 Å². The number of nitrogens with one attached hydrogen (secondary N) is 1. The smallest absolute Gasteiger partial charge is 0.119 e. The van der Waals surface area contributed by atoms with E-state index in [9.17, 15) is 0 Å². The maximum Gasteiger partial charge on any atom is 0.119 e. The van der Waals surface area contributed by atoms with Crippen LogP contribution in [0.15, 0.2) is 47.2 Å². The molecule has 20 heavy (non-hydrogen) atoms. The van der Waals surface area contributed by atoms with Crippen LogP contribution in [0.4, 0.5) is 0 Å². The molecule has 3 nitrogen and oxygen atoms in total. The monoisotopic (exact) mass is 334 g/mol. The van der Waals surface area contributed by atoms with Gasteiger partial charge in [-0.2, -0.15) is 0 Å². The summed E-state index contributed by atoms with van der Waals surface area (Å²) in [6.07, 6.45) is 6.98. The Labute approximate surface area is 128 Å². The number of ether oxygens (including phenoxy) is 1. The number of hydrogen-bond donors (Lipinski definition) is 1. The van der Waals surface area contributed by atoms with Crippen molar-refractivity contribution in [3.63, 3.8) is 0 Å². The molecule has 0 unspecified atom stereocenters. The molecule has 1 aromatic carbocycles. The lowest BCUT2D eigenvalue weighted by molar-refractivity contribution is 0.298. The van der Waals surface area contributed by atoms with E-state index in [4.69, 9.17) is 4.74 Å². The van der Waals surface area contributed by atoms with Crippen molar-refractivity contribution < 1.29 is 4.74 Å². The van der Waals surface area contributed by atoms with Gasteiger partial charge in [0.2, 0.25) is 0 Å². The molecule has 1 heterocycles. The first-order valence-corrected chi connectivity index (χ1v) is 7.85. The molecule has 0 atom stereocenters. The van der Waals surface area contributed by atoms with Gasteiger partial charge in [-0.05, 0) is 48.7 Å². The van der Waals surface area contributed by atoms with Crippen molar-refractivity contribution in [1.29, 1.82) is 0 Å². The summed E-state index contributed by atoms with van der Waals surface area (Å²) in [4.78, 5) is 0. The number of benzene rings is 1. The summed E-state index contributed by atoms with van der Waals surface area (Å²) in [5.41, 5.74) is 1.35. The predicted octanol–water partition coefficient (Wildman–Crippen LogP) is 3.58. The molecule has 1 saturated carbocycles. The topological polar surface area (TPSA) is 26.2 Å². The molecule has 1 aliphatic rings. The predicted molar refractivity (Wildman–Crippen MR) is 83.9 cm³/mol. The quantitative estimate of drug-likeness (QED) is 0.837.